The van der Waals surface area contributed by atoms with Crippen molar-refractivity contribution in [1.82, 2.24) is 25.1 Å². The Hall–Kier alpha value is -1.99. The number of amides is 1. The number of likely N-dealkylation sites (tertiary alicyclic amines) is 1. The second kappa shape index (κ2) is 3.64. The van der Waals surface area contributed by atoms with E-state index in [1.807, 2.05) is 0 Å². The van der Waals surface area contributed by atoms with E-state index < -0.39 is 11.9 Å². The first-order valence-electron chi connectivity index (χ1n) is 4.38. The fourth-order valence-electron chi connectivity index (χ4n) is 1.33. The number of carboxylic acid groups (broad SMARTS) is 1. The highest BCUT2D eigenvalue weighted by Crippen LogP contribution is 2.15. The highest BCUT2D eigenvalue weighted by atomic mass is 16.4. The quantitative estimate of drug-likeness (QED) is 0.634. The third-order valence-electron chi connectivity index (χ3n) is 2.27. The van der Waals surface area contributed by atoms with E-state index in [4.69, 9.17) is 5.11 Å². The highest BCUT2D eigenvalue weighted by molar-refractivity contribution is 5.80. The van der Waals surface area contributed by atoms with Crippen LogP contribution in [0.1, 0.15) is 0 Å². The molecule has 0 saturated carbocycles. The van der Waals surface area contributed by atoms with Gasteiger partial charge in [0, 0.05) is 13.1 Å². The summed E-state index contributed by atoms with van der Waals surface area (Å²) >= 11 is 0. The Morgan fingerprint density at radius 3 is 2.73 bits per heavy atom. The number of carboxylic acids is 1. The van der Waals surface area contributed by atoms with Gasteiger partial charge in [0.1, 0.15) is 12.9 Å². The van der Waals surface area contributed by atoms with Gasteiger partial charge in [-0.25, -0.2) is 4.68 Å². The molecule has 0 aromatic carbocycles. The van der Waals surface area contributed by atoms with Crippen molar-refractivity contribution >= 4 is 11.9 Å². The van der Waals surface area contributed by atoms with Crippen LogP contribution in [0.3, 0.4) is 0 Å². The van der Waals surface area contributed by atoms with Crippen LogP contribution < -0.4 is 0 Å². The summed E-state index contributed by atoms with van der Waals surface area (Å²) in [7, 11) is 0. The molecule has 15 heavy (non-hydrogen) atoms. The van der Waals surface area contributed by atoms with Gasteiger partial charge >= 0.3 is 5.97 Å². The number of carbonyl (C=O) groups is 2. The second-order valence-corrected chi connectivity index (χ2v) is 3.34. The van der Waals surface area contributed by atoms with E-state index in [9.17, 15) is 9.59 Å². The lowest BCUT2D eigenvalue weighted by Gasteiger charge is -2.36. The number of tetrazole rings is 1. The van der Waals surface area contributed by atoms with E-state index in [0.29, 0.717) is 0 Å². The molecule has 1 N–H and O–H groups in total. The molecule has 2 heterocycles. The maximum atomic E-state index is 11.5. The predicted molar refractivity (Wildman–Crippen MR) is 45.5 cm³/mol. The van der Waals surface area contributed by atoms with E-state index in [-0.39, 0.29) is 25.5 Å². The van der Waals surface area contributed by atoms with Crippen molar-refractivity contribution in [3.63, 3.8) is 0 Å². The van der Waals surface area contributed by atoms with Gasteiger partial charge in [0.15, 0.2) is 0 Å². The fourth-order valence-corrected chi connectivity index (χ4v) is 1.33. The molecule has 1 aromatic rings. The van der Waals surface area contributed by atoms with Crippen LogP contribution in [0.5, 0.6) is 0 Å². The van der Waals surface area contributed by atoms with E-state index in [1.54, 1.807) is 0 Å². The first-order chi connectivity index (χ1) is 7.16. The maximum Gasteiger partial charge on any atom is 0.310 e. The van der Waals surface area contributed by atoms with Crippen molar-refractivity contribution in [2.45, 2.75) is 6.54 Å². The fraction of sp³-hybridized carbons (Fsp3) is 0.571. The Morgan fingerprint density at radius 2 is 2.20 bits per heavy atom. The lowest BCUT2D eigenvalue weighted by Crippen LogP contribution is -2.53. The SMILES string of the molecule is O=C(O)C1CN(C(=O)Cn2cnnn2)C1. The van der Waals surface area contributed by atoms with Crippen molar-refractivity contribution in [3.8, 4) is 0 Å². The van der Waals surface area contributed by atoms with Crippen LogP contribution in [0.25, 0.3) is 0 Å². The summed E-state index contributed by atoms with van der Waals surface area (Å²) in [6.07, 6.45) is 1.34. The van der Waals surface area contributed by atoms with Gasteiger partial charge in [-0.05, 0) is 10.4 Å². The molecule has 1 fully saturated rings. The third kappa shape index (κ3) is 1.92. The number of nitrogens with zero attached hydrogens (tertiary/aromatic N) is 5. The molecule has 0 bridgehead atoms. The number of aliphatic carboxylic acids is 1. The average Bonchev–Trinajstić information content (AvgIpc) is 2.52. The van der Waals surface area contributed by atoms with E-state index in [2.05, 4.69) is 15.5 Å². The van der Waals surface area contributed by atoms with Crippen LogP contribution in [0, 0.1) is 5.92 Å². The molecule has 0 spiro atoms. The average molecular weight is 211 g/mol. The summed E-state index contributed by atoms with van der Waals surface area (Å²) in [6, 6.07) is 0. The topological polar surface area (TPSA) is 101 Å². The minimum absolute atomic E-state index is 0.0549. The lowest BCUT2D eigenvalue weighted by molar-refractivity contribution is -0.153. The normalized spacial score (nSPS) is 16.1. The Labute approximate surface area is 84.5 Å². The van der Waals surface area contributed by atoms with Gasteiger partial charge in [0.05, 0.1) is 5.92 Å². The third-order valence-corrected chi connectivity index (χ3v) is 2.27. The van der Waals surface area contributed by atoms with Gasteiger partial charge < -0.3 is 10.0 Å². The minimum atomic E-state index is -0.860. The first-order valence-corrected chi connectivity index (χ1v) is 4.38. The minimum Gasteiger partial charge on any atom is -0.481 e. The predicted octanol–water partition coefficient (Wildman–Crippen LogP) is -1.78. The number of aromatic nitrogens is 4. The molecule has 8 nitrogen and oxygen atoms in total. The van der Waals surface area contributed by atoms with Crippen molar-refractivity contribution < 1.29 is 14.7 Å². The van der Waals surface area contributed by atoms with Crippen LogP contribution >= 0.6 is 0 Å². The second-order valence-electron chi connectivity index (χ2n) is 3.34. The molecule has 0 radical (unpaired) electrons. The maximum absolute atomic E-state index is 11.5. The monoisotopic (exact) mass is 211 g/mol. The van der Waals surface area contributed by atoms with Crippen molar-refractivity contribution in [2.24, 2.45) is 5.92 Å². The molecule has 1 saturated heterocycles. The molecule has 1 amide bonds. The molecule has 1 aromatic heterocycles. The molecule has 2 rings (SSSR count). The summed E-state index contributed by atoms with van der Waals surface area (Å²) in [4.78, 5) is 23.4. The van der Waals surface area contributed by atoms with Gasteiger partial charge in [-0.3, -0.25) is 9.59 Å². The molecule has 8 heteroatoms. The van der Waals surface area contributed by atoms with Gasteiger partial charge in [0.25, 0.3) is 0 Å². The molecule has 0 aliphatic carbocycles. The van der Waals surface area contributed by atoms with Gasteiger partial charge in [0.2, 0.25) is 5.91 Å². The van der Waals surface area contributed by atoms with Gasteiger partial charge in [-0.15, -0.1) is 5.10 Å². The highest BCUT2D eigenvalue weighted by Gasteiger charge is 2.35. The van der Waals surface area contributed by atoms with Crippen LogP contribution in [0.4, 0.5) is 0 Å². The van der Waals surface area contributed by atoms with Crippen LogP contribution in [0.2, 0.25) is 0 Å². The molecular formula is C7H9N5O3. The summed E-state index contributed by atoms with van der Waals surface area (Å²) in [5, 5.41) is 18.9. The summed E-state index contributed by atoms with van der Waals surface area (Å²) in [5.74, 6) is -1.45. The Balaban J connectivity index is 1.82. The molecule has 0 atom stereocenters. The van der Waals surface area contributed by atoms with Crippen LogP contribution in [-0.2, 0) is 16.1 Å². The summed E-state index contributed by atoms with van der Waals surface area (Å²) < 4.78 is 1.30. The molecular weight excluding hydrogens is 202 g/mol. The van der Waals surface area contributed by atoms with Gasteiger partial charge in [-0.2, -0.15) is 0 Å². The van der Waals surface area contributed by atoms with E-state index >= 15 is 0 Å². The zero-order valence-electron chi connectivity index (χ0n) is 7.78. The van der Waals surface area contributed by atoms with Gasteiger partial charge in [-0.1, -0.05) is 0 Å². The first kappa shape index (κ1) is 9.56. The molecule has 0 unspecified atom stereocenters. The van der Waals surface area contributed by atoms with Crippen LogP contribution in [0.15, 0.2) is 6.33 Å². The molecule has 1 aliphatic rings. The standard InChI is InChI=1S/C7H9N5O3/c13-6(3-12-4-8-9-10-12)11-1-5(2-11)7(14)15/h4-5H,1-3H2,(H,14,15). The summed E-state index contributed by atoms with van der Waals surface area (Å²) in [6.45, 7) is 0.603. The van der Waals surface area contributed by atoms with E-state index in [1.165, 1.54) is 15.9 Å². The number of hydrogen-bond donors (Lipinski definition) is 1. The Kier molecular flexibility index (Phi) is 2.32. The van der Waals surface area contributed by atoms with Crippen molar-refractivity contribution in [3.05, 3.63) is 6.33 Å². The Morgan fingerprint density at radius 1 is 1.47 bits per heavy atom. The Bertz CT molecular complexity index is 370. The van der Waals surface area contributed by atoms with Crippen LogP contribution in [-0.4, -0.2) is 55.2 Å². The van der Waals surface area contributed by atoms with Crippen molar-refractivity contribution in [2.75, 3.05) is 13.1 Å². The molecule has 1 aliphatic heterocycles. The molecule has 80 valence electrons. The smallest absolute Gasteiger partial charge is 0.310 e. The number of hydrogen-bond acceptors (Lipinski definition) is 5. The largest absolute Gasteiger partial charge is 0.481 e. The number of carbonyl (C=O) groups excluding carboxylic acids is 1. The summed E-state index contributed by atoms with van der Waals surface area (Å²) in [5.41, 5.74) is 0. The zero-order chi connectivity index (χ0) is 10.8. The number of rotatable bonds is 3. The van der Waals surface area contributed by atoms with E-state index in [0.717, 1.165) is 0 Å². The lowest BCUT2D eigenvalue weighted by atomic mass is 10.0. The van der Waals surface area contributed by atoms with Crippen molar-refractivity contribution in [1.29, 1.82) is 0 Å². The zero-order valence-corrected chi connectivity index (χ0v) is 7.78.